The molecule has 2 saturated heterocycles. The number of nitrogens with two attached hydrogens (primary N) is 1. The molecular formula is C12H15Cl2N5O. The number of fused-ring (bicyclic) bond motifs is 1. The molecule has 0 bridgehead atoms. The van der Waals surface area contributed by atoms with Crippen molar-refractivity contribution < 1.29 is 4.79 Å². The van der Waals surface area contributed by atoms with Crippen LogP contribution in [0, 0.1) is 5.92 Å². The molecule has 6 nitrogen and oxygen atoms in total. The first-order valence-electron chi connectivity index (χ1n) is 6.49. The van der Waals surface area contributed by atoms with Gasteiger partial charge in [0, 0.05) is 13.1 Å². The number of carbonyl (C=O) groups is 1. The normalized spacial score (nSPS) is 25.4. The van der Waals surface area contributed by atoms with Crippen LogP contribution in [0.25, 0.3) is 0 Å². The first kappa shape index (κ1) is 13.7. The molecule has 2 aliphatic rings. The van der Waals surface area contributed by atoms with Crippen molar-refractivity contribution in [1.29, 1.82) is 0 Å². The van der Waals surface area contributed by atoms with E-state index in [9.17, 15) is 4.79 Å². The molecule has 1 amide bonds. The molecule has 0 aliphatic carbocycles. The monoisotopic (exact) mass is 315 g/mol. The summed E-state index contributed by atoms with van der Waals surface area (Å²) in [5, 5.41) is 3.74. The number of rotatable bonds is 2. The highest BCUT2D eigenvalue weighted by Gasteiger charge is 2.41. The molecule has 4 N–H and O–H groups in total. The summed E-state index contributed by atoms with van der Waals surface area (Å²) in [6.45, 7) is 1.43. The van der Waals surface area contributed by atoms with Crippen molar-refractivity contribution >= 4 is 40.7 Å². The minimum Gasteiger partial charge on any atom is -0.354 e. The summed E-state index contributed by atoms with van der Waals surface area (Å²) in [5.74, 6) is 6.52. The van der Waals surface area contributed by atoms with Crippen LogP contribution < -0.4 is 21.5 Å². The zero-order valence-electron chi connectivity index (χ0n) is 10.7. The van der Waals surface area contributed by atoms with Crippen LogP contribution in [0.3, 0.4) is 0 Å². The number of nitrogens with zero attached hydrogens (tertiary/aromatic N) is 2. The standard InChI is InChI=1S/C12H15Cl2N5O/c13-7-4-8(14)11(17-10(7)18-15)19-3-1-2-6-9(19)5-16-12(6)20/h4,6,9H,1-3,5,15H2,(H,16,20)(H,17,18). The molecule has 0 radical (unpaired) electrons. The Morgan fingerprint density at radius 3 is 3.00 bits per heavy atom. The van der Waals surface area contributed by atoms with Crippen molar-refractivity contribution in [3.8, 4) is 0 Å². The molecular weight excluding hydrogens is 301 g/mol. The molecule has 108 valence electrons. The van der Waals surface area contributed by atoms with Crippen molar-refractivity contribution in [3.05, 3.63) is 16.1 Å². The van der Waals surface area contributed by atoms with Gasteiger partial charge in [-0.05, 0) is 18.9 Å². The van der Waals surface area contributed by atoms with E-state index in [0.29, 0.717) is 28.2 Å². The van der Waals surface area contributed by atoms with E-state index >= 15 is 0 Å². The van der Waals surface area contributed by atoms with Crippen molar-refractivity contribution in [2.24, 2.45) is 11.8 Å². The fraction of sp³-hybridized carbons (Fsp3) is 0.500. The number of hydrogen-bond donors (Lipinski definition) is 3. The van der Waals surface area contributed by atoms with Crippen molar-refractivity contribution in [2.75, 3.05) is 23.4 Å². The van der Waals surface area contributed by atoms with Crippen LogP contribution in [0.5, 0.6) is 0 Å². The van der Waals surface area contributed by atoms with Crippen LogP contribution in [0.2, 0.25) is 10.0 Å². The lowest BCUT2D eigenvalue weighted by molar-refractivity contribution is -0.122. The second-order valence-corrected chi connectivity index (χ2v) is 5.84. The first-order valence-corrected chi connectivity index (χ1v) is 7.24. The predicted octanol–water partition coefficient (Wildman–Crippen LogP) is 1.39. The van der Waals surface area contributed by atoms with Crippen molar-refractivity contribution in [3.63, 3.8) is 0 Å². The summed E-state index contributed by atoms with van der Waals surface area (Å²) < 4.78 is 0. The summed E-state index contributed by atoms with van der Waals surface area (Å²) in [4.78, 5) is 18.3. The van der Waals surface area contributed by atoms with Crippen LogP contribution in [0.4, 0.5) is 11.6 Å². The third-order valence-corrected chi connectivity index (χ3v) is 4.49. The van der Waals surface area contributed by atoms with Crippen LogP contribution in [-0.4, -0.2) is 30.0 Å². The number of amides is 1. The van der Waals surface area contributed by atoms with Crippen LogP contribution in [0.15, 0.2) is 6.07 Å². The Hall–Kier alpha value is -1.24. The van der Waals surface area contributed by atoms with E-state index in [4.69, 9.17) is 29.0 Å². The zero-order valence-corrected chi connectivity index (χ0v) is 12.2. The first-order chi connectivity index (χ1) is 9.61. The predicted molar refractivity (Wildman–Crippen MR) is 78.9 cm³/mol. The number of piperidine rings is 1. The lowest BCUT2D eigenvalue weighted by Crippen LogP contribution is -2.46. The van der Waals surface area contributed by atoms with Crippen LogP contribution in [0.1, 0.15) is 12.8 Å². The quantitative estimate of drug-likeness (QED) is 0.567. The molecule has 2 unspecified atom stereocenters. The highest BCUT2D eigenvalue weighted by atomic mass is 35.5. The van der Waals surface area contributed by atoms with Crippen molar-refractivity contribution in [1.82, 2.24) is 10.3 Å². The number of pyridine rings is 1. The van der Waals surface area contributed by atoms with Gasteiger partial charge in [0.1, 0.15) is 5.82 Å². The molecule has 2 fully saturated rings. The molecule has 0 spiro atoms. The largest absolute Gasteiger partial charge is 0.354 e. The van der Waals surface area contributed by atoms with Crippen molar-refractivity contribution in [2.45, 2.75) is 18.9 Å². The highest BCUT2D eigenvalue weighted by Crippen LogP contribution is 2.36. The van der Waals surface area contributed by atoms with E-state index in [1.54, 1.807) is 6.07 Å². The van der Waals surface area contributed by atoms with E-state index in [1.165, 1.54) is 0 Å². The Bertz CT molecular complexity index is 553. The van der Waals surface area contributed by atoms with Gasteiger partial charge in [-0.2, -0.15) is 0 Å². The van der Waals surface area contributed by atoms with E-state index < -0.39 is 0 Å². The molecule has 1 aromatic heterocycles. The lowest BCUT2D eigenvalue weighted by Gasteiger charge is -2.37. The summed E-state index contributed by atoms with van der Waals surface area (Å²) in [7, 11) is 0. The van der Waals surface area contributed by atoms with E-state index in [1.807, 2.05) is 0 Å². The van der Waals surface area contributed by atoms with Gasteiger partial charge in [0.2, 0.25) is 5.91 Å². The molecule has 3 rings (SSSR count). The van der Waals surface area contributed by atoms with Gasteiger partial charge < -0.3 is 15.6 Å². The van der Waals surface area contributed by atoms with Gasteiger partial charge in [-0.25, -0.2) is 10.8 Å². The fourth-order valence-corrected chi connectivity index (χ4v) is 3.50. The number of anilines is 2. The second-order valence-electron chi connectivity index (χ2n) is 5.02. The summed E-state index contributed by atoms with van der Waals surface area (Å²) in [6, 6.07) is 1.71. The third-order valence-electron chi connectivity index (χ3n) is 3.92. The maximum Gasteiger partial charge on any atom is 0.225 e. The van der Waals surface area contributed by atoms with E-state index in [0.717, 1.165) is 19.4 Å². The Balaban J connectivity index is 1.97. The van der Waals surface area contributed by atoms with E-state index in [-0.39, 0.29) is 17.9 Å². The van der Waals surface area contributed by atoms with Gasteiger partial charge in [0.15, 0.2) is 5.82 Å². The molecule has 0 saturated carbocycles. The smallest absolute Gasteiger partial charge is 0.225 e. The number of aromatic nitrogens is 1. The van der Waals surface area contributed by atoms with Crippen LogP contribution in [-0.2, 0) is 4.79 Å². The Labute approximate surface area is 126 Å². The second kappa shape index (κ2) is 5.27. The molecule has 8 heteroatoms. The lowest BCUT2D eigenvalue weighted by atomic mass is 9.91. The molecule has 2 aliphatic heterocycles. The van der Waals surface area contributed by atoms with Gasteiger partial charge in [0.05, 0.1) is 22.0 Å². The van der Waals surface area contributed by atoms with Crippen LogP contribution >= 0.6 is 23.2 Å². The Morgan fingerprint density at radius 1 is 1.45 bits per heavy atom. The van der Waals surface area contributed by atoms with Gasteiger partial charge in [-0.3, -0.25) is 4.79 Å². The molecule has 20 heavy (non-hydrogen) atoms. The maximum atomic E-state index is 11.8. The molecule has 0 aromatic carbocycles. The number of carbonyl (C=O) groups excluding carboxylic acids is 1. The van der Waals surface area contributed by atoms with Gasteiger partial charge >= 0.3 is 0 Å². The number of hydrogen-bond acceptors (Lipinski definition) is 5. The van der Waals surface area contributed by atoms with Gasteiger partial charge in [0.25, 0.3) is 0 Å². The summed E-state index contributed by atoms with van der Waals surface area (Å²) in [6.07, 6.45) is 1.83. The average molecular weight is 316 g/mol. The topological polar surface area (TPSA) is 83.3 Å². The summed E-state index contributed by atoms with van der Waals surface area (Å²) in [5.41, 5.74) is 2.46. The van der Waals surface area contributed by atoms with Gasteiger partial charge in [-0.15, -0.1) is 0 Å². The van der Waals surface area contributed by atoms with Gasteiger partial charge in [-0.1, -0.05) is 23.2 Å². The Morgan fingerprint density at radius 2 is 2.25 bits per heavy atom. The fourth-order valence-electron chi connectivity index (χ4n) is 2.97. The number of halogens is 2. The maximum absolute atomic E-state index is 11.8. The number of hydrazine groups is 1. The number of nitrogens with one attached hydrogen (secondary N) is 2. The molecule has 2 atom stereocenters. The SMILES string of the molecule is NNc1nc(N2CCCC3C(=O)NCC32)c(Cl)cc1Cl. The Kier molecular flexibility index (Phi) is 3.62. The highest BCUT2D eigenvalue weighted by molar-refractivity contribution is 6.37. The molecule has 3 heterocycles. The third kappa shape index (κ3) is 2.17. The summed E-state index contributed by atoms with van der Waals surface area (Å²) >= 11 is 12.3. The zero-order chi connectivity index (χ0) is 14.3. The minimum absolute atomic E-state index is 0.00609. The van der Waals surface area contributed by atoms with E-state index in [2.05, 4.69) is 20.6 Å². The number of nitrogen functional groups attached to an aromatic ring is 1. The average Bonchev–Trinajstić information content (AvgIpc) is 2.81. The molecule has 1 aromatic rings. The minimum atomic E-state index is 0.00609.